The zero-order valence-corrected chi connectivity index (χ0v) is 13.2. The number of nitrogens with zero attached hydrogens (tertiary/aromatic N) is 2. The molecule has 116 valence electrons. The Balaban J connectivity index is 1.57. The van der Waals surface area contributed by atoms with E-state index in [0.717, 1.165) is 12.4 Å². The average Bonchev–Trinajstić information content (AvgIpc) is 2.56. The first-order chi connectivity index (χ1) is 10.8. The van der Waals surface area contributed by atoms with Crippen LogP contribution in [0.1, 0.15) is 43.2 Å². The van der Waals surface area contributed by atoms with Gasteiger partial charge < -0.3 is 10.6 Å². The normalized spacial score (nSPS) is 15.5. The van der Waals surface area contributed by atoms with E-state index in [9.17, 15) is 0 Å². The summed E-state index contributed by atoms with van der Waals surface area (Å²) in [4.78, 5) is 8.87. The predicted molar refractivity (Wildman–Crippen MR) is 91.0 cm³/mol. The summed E-state index contributed by atoms with van der Waals surface area (Å²) in [7, 11) is 0. The molecule has 0 aliphatic heterocycles. The highest BCUT2D eigenvalue weighted by Gasteiger charge is 2.13. The van der Waals surface area contributed by atoms with Crippen molar-refractivity contribution in [1.29, 1.82) is 0 Å². The highest BCUT2D eigenvalue weighted by Crippen LogP contribution is 2.21. The molecule has 22 heavy (non-hydrogen) atoms. The Labute approximate surface area is 132 Å². The van der Waals surface area contributed by atoms with Gasteiger partial charge in [-0.2, -0.15) is 4.98 Å². The van der Waals surface area contributed by atoms with Gasteiger partial charge in [0.25, 0.3) is 0 Å². The summed E-state index contributed by atoms with van der Waals surface area (Å²) >= 11 is 0. The van der Waals surface area contributed by atoms with E-state index >= 15 is 0 Å². The Kier molecular flexibility index (Phi) is 4.88. The molecule has 1 aromatic heterocycles. The number of aromatic nitrogens is 2. The number of aryl methyl sites for hydroxylation is 1. The van der Waals surface area contributed by atoms with E-state index in [1.807, 2.05) is 12.3 Å². The fourth-order valence-electron chi connectivity index (χ4n) is 2.87. The fourth-order valence-corrected chi connectivity index (χ4v) is 2.87. The second kappa shape index (κ2) is 7.25. The molecule has 1 aliphatic rings. The van der Waals surface area contributed by atoms with Gasteiger partial charge in [0.2, 0.25) is 5.95 Å². The van der Waals surface area contributed by atoms with Gasteiger partial charge in [-0.3, -0.25) is 0 Å². The second-order valence-electron chi connectivity index (χ2n) is 6.08. The Hall–Kier alpha value is -2.10. The van der Waals surface area contributed by atoms with Crippen LogP contribution in [0.5, 0.6) is 0 Å². The molecule has 1 aliphatic carbocycles. The van der Waals surface area contributed by atoms with Crippen LogP contribution in [0.15, 0.2) is 36.5 Å². The molecule has 1 saturated carbocycles. The number of hydrogen-bond acceptors (Lipinski definition) is 4. The first-order valence-corrected chi connectivity index (χ1v) is 8.18. The van der Waals surface area contributed by atoms with Gasteiger partial charge >= 0.3 is 0 Å². The van der Waals surface area contributed by atoms with Crippen molar-refractivity contribution < 1.29 is 0 Å². The van der Waals surface area contributed by atoms with Gasteiger partial charge in [0.1, 0.15) is 5.82 Å². The lowest BCUT2D eigenvalue weighted by molar-refractivity contribution is 0.462. The molecule has 4 nitrogen and oxygen atoms in total. The molecule has 0 radical (unpaired) electrons. The van der Waals surface area contributed by atoms with Crippen LogP contribution < -0.4 is 10.6 Å². The summed E-state index contributed by atoms with van der Waals surface area (Å²) in [5, 5.41) is 6.83. The van der Waals surface area contributed by atoms with Crippen molar-refractivity contribution in [2.24, 2.45) is 0 Å². The highest BCUT2D eigenvalue weighted by molar-refractivity contribution is 5.41. The van der Waals surface area contributed by atoms with Gasteiger partial charge in [0, 0.05) is 18.8 Å². The minimum absolute atomic E-state index is 0.564. The molecule has 1 aromatic carbocycles. The first-order valence-electron chi connectivity index (χ1n) is 8.18. The first kappa shape index (κ1) is 14.8. The Bertz CT molecular complexity index is 588. The Morgan fingerprint density at radius 3 is 2.59 bits per heavy atom. The molecule has 3 rings (SSSR count). The van der Waals surface area contributed by atoms with Gasteiger partial charge in [0.15, 0.2) is 0 Å². The van der Waals surface area contributed by atoms with Crippen LogP contribution in [0.4, 0.5) is 11.8 Å². The smallest absolute Gasteiger partial charge is 0.224 e. The third-order valence-corrected chi connectivity index (χ3v) is 4.18. The molecule has 1 heterocycles. The molecule has 0 unspecified atom stereocenters. The third kappa shape index (κ3) is 4.20. The quantitative estimate of drug-likeness (QED) is 0.870. The van der Waals surface area contributed by atoms with E-state index in [0.29, 0.717) is 12.0 Å². The molecule has 0 saturated heterocycles. The van der Waals surface area contributed by atoms with Gasteiger partial charge in [-0.25, -0.2) is 4.98 Å². The molecule has 0 amide bonds. The van der Waals surface area contributed by atoms with Crippen LogP contribution in [-0.4, -0.2) is 16.0 Å². The largest absolute Gasteiger partial charge is 0.367 e. The van der Waals surface area contributed by atoms with Crippen LogP contribution in [-0.2, 0) is 6.54 Å². The van der Waals surface area contributed by atoms with Crippen molar-refractivity contribution in [3.05, 3.63) is 47.7 Å². The van der Waals surface area contributed by atoms with Gasteiger partial charge in [-0.1, -0.05) is 49.1 Å². The van der Waals surface area contributed by atoms with Crippen molar-refractivity contribution in [1.82, 2.24) is 9.97 Å². The van der Waals surface area contributed by atoms with Crippen LogP contribution in [0, 0.1) is 6.92 Å². The van der Waals surface area contributed by atoms with Crippen LogP contribution in [0.3, 0.4) is 0 Å². The zero-order chi connectivity index (χ0) is 15.2. The van der Waals surface area contributed by atoms with Crippen molar-refractivity contribution in [2.45, 2.75) is 51.6 Å². The van der Waals surface area contributed by atoms with E-state index in [1.165, 1.54) is 43.2 Å². The van der Waals surface area contributed by atoms with Crippen molar-refractivity contribution >= 4 is 11.8 Å². The molecule has 2 N–H and O–H groups in total. The van der Waals surface area contributed by atoms with E-state index < -0.39 is 0 Å². The number of anilines is 2. The van der Waals surface area contributed by atoms with Gasteiger partial charge in [-0.05, 0) is 31.4 Å². The fraction of sp³-hybridized carbons (Fsp3) is 0.444. The van der Waals surface area contributed by atoms with Gasteiger partial charge in [0.05, 0.1) is 0 Å². The zero-order valence-electron chi connectivity index (χ0n) is 13.2. The van der Waals surface area contributed by atoms with E-state index in [-0.39, 0.29) is 0 Å². The number of rotatable bonds is 5. The maximum Gasteiger partial charge on any atom is 0.224 e. The van der Waals surface area contributed by atoms with Crippen molar-refractivity contribution in [3.8, 4) is 0 Å². The van der Waals surface area contributed by atoms with Crippen LogP contribution in [0.2, 0.25) is 0 Å². The summed E-state index contributed by atoms with van der Waals surface area (Å²) in [6.45, 7) is 2.84. The molecule has 1 fully saturated rings. The average molecular weight is 296 g/mol. The summed E-state index contributed by atoms with van der Waals surface area (Å²) < 4.78 is 0. The lowest BCUT2D eigenvalue weighted by Gasteiger charge is -2.23. The molecular weight excluding hydrogens is 272 g/mol. The highest BCUT2D eigenvalue weighted by atomic mass is 15.1. The minimum Gasteiger partial charge on any atom is -0.367 e. The molecular formula is C18H24N4. The van der Waals surface area contributed by atoms with E-state index in [2.05, 4.69) is 51.8 Å². The predicted octanol–water partition coefficient (Wildman–Crippen LogP) is 4.14. The summed E-state index contributed by atoms with van der Waals surface area (Å²) in [6.07, 6.45) is 8.32. The molecule has 0 spiro atoms. The monoisotopic (exact) mass is 296 g/mol. The number of nitrogens with one attached hydrogen (secondary N) is 2. The van der Waals surface area contributed by atoms with Crippen LogP contribution in [0.25, 0.3) is 0 Å². The van der Waals surface area contributed by atoms with Crippen molar-refractivity contribution in [3.63, 3.8) is 0 Å². The SMILES string of the molecule is Cc1ccc(CNc2nccc(NC3CCCCC3)n2)cc1. The molecule has 0 atom stereocenters. The third-order valence-electron chi connectivity index (χ3n) is 4.18. The summed E-state index contributed by atoms with van der Waals surface area (Å²) in [5.41, 5.74) is 2.51. The Morgan fingerprint density at radius 1 is 1.05 bits per heavy atom. The number of hydrogen-bond donors (Lipinski definition) is 2. The summed E-state index contributed by atoms with van der Waals surface area (Å²) in [6, 6.07) is 11.0. The lowest BCUT2D eigenvalue weighted by atomic mass is 9.95. The summed E-state index contributed by atoms with van der Waals surface area (Å²) in [5.74, 6) is 1.61. The lowest BCUT2D eigenvalue weighted by Crippen LogP contribution is -2.23. The minimum atomic E-state index is 0.564. The van der Waals surface area contributed by atoms with E-state index in [4.69, 9.17) is 0 Å². The standard InChI is InChI=1S/C18H24N4/c1-14-7-9-15(10-8-14)13-20-18-19-12-11-17(22-18)21-16-5-3-2-4-6-16/h7-12,16H,2-6,13H2,1H3,(H2,19,20,21,22). The maximum atomic E-state index is 4.57. The second-order valence-corrected chi connectivity index (χ2v) is 6.08. The maximum absolute atomic E-state index is 4.57. The molecule has 2 aromatic rings. The van der Waals surface area contributed by atoms with E-state index in [1.54, 1.807) is 0 Å². The molecule has 0 bridgehead atoms. The number of benzene rings is 1. The topological polar surface area (TPSA) is 49.8 Å². The van der Waals surface area contributed by atoms with Crippen molar-refractivity contribution in [2.75, 3.05) is 10.6 Å². The Morgan fingerprint density at radius 2 is 1.82 bits per heavy atom. The molecule has 4 heteroatoms. The van der Waals surface area contributed by atoms with Gasteiger partial charge in [-0.15, -0.1) is 0 Å². The van der Waals surface area contributed by atoms with Crippen LogP contribution >= 0.6 is 0 Å².